The lowest BCUT2D eigenvalue weighted by atomic mass is 10.3. The Morgan fingerprint density at radius 2 is 1.91 bits per heavy atom. The predicted octanol–water partition coefficient (Wildman–Crippen LogP) is 3.75. The molecule has 3 rings (SSSR count). The first-order valence-corrected chi connectivity index (χ1v) is 7.22. The second-order valence-corrected chi connectivity index (χ2v) is 5.28. The minimum atomic E-state index is 0.295. The van der Waals surface area contributed by atoms with Gasteiger partial charge in [-0.3, -0.25) is 4.98 Å². The molecule has 0 aliphatic rings. The smallest absolute Gasteiger partial charge is 0.248 e. The fraction of sp³-hybridized carbons (Fsp3) is 0. The van der Waals surface area contributed by atoms with Crippen LogP contribution < -0.4 is 15.8 Å². The van der Waals surface area contributed by atoms with Gasteiger partial charge in [-0.15, -0.1) is 0 Å². The van der Waals surface area contributed by atoms with Gasteiger partial charge in [0.15, 0.2) is 5.82 Å². The maximum atomic E-state index is 6.07. The first-order valence-electron chi connectivity index (χ1n) is 6.43. The van der Waals surface area contributed by atoms with Crippen molar-refractivity contribution in [2.45, 2.75) is 0 Å². The minimum Gasteiger partial charge on any atom is -0.437 e. The van der Waals surface area contributed by atoms with E-state index in [9.17, 15) is 0 Å². The van der Waals surface area contributed by atoms with Crippen LogP contribution in [-0.4, -0.2) is 15.0 Å². The summed E-state index contributed by atoms with van der Waals surface area (Å²) in [6.07, 6.45) is 4.76. The number of pyridine rings is 1. The van der Waals surface area contributed by atoms with Crippen molar-refractivity contribution in [2.24, 2.45) is 0 Å². The van der Waals surface area contributed by atoms with Crippen molar-refractivity contribution in [1.29, 1.82) is 0 Å². The van der Waals surface area contributed by atoms with Crippen molar-refractivity contribution >= 4 is 33.1 Å². The number of nitrogens with one attached hydrogen (secondary N) is 1. The molecule has 0 spiro atoms. The van der Waals surface area contributed by atoms with Crippen LogP contribution in [0.4, 0.5) is 17.2 Å². The van der Waals surface area contributed by atoms with E-state index in [1.807, 2.05) is 36.4 Å². The van der Waals surface area contributed by atoms with E-state index in [2.05, 4.69) is 36.2 Å². The summed E-state index contributed by atoms with van der Waals surface area (Å²) in [5, 5.41) is 3.08. The zero-order valence-electron chi connectivity index (χ0n) is 11.4. The predicted molar refractivity (Wildman–Crippen MR) is 88.2 cm³/mol. The first kappa shape index (κ1) is 14.3. The average Bonchev–Trinajstić information content (AvgIpc) is 2.54. The standard InChI is InChI=1S/C15H12BrN5O/c16-10-3-5-12(6-4-10)22-15-13(17)14(19-9-20-15)21-11-2-1-7-18-8-11/h1-9H,17H2,(H,19,20,21). The number of aromatic nitrogens is 3. The highest BCUT2D eigenvalue weighted by Gasteiger charge is 2.10. The third kappa shape index (κ3) is 3.32. The summed E-state index contributed by atoms with van der Waals surface area (Å²) in [6, 6.07) is 11.1. The SMILES string of the molecule is Nc1c(Nc2cccnc2)ncnc1Oc1ccc(Br)cc1. The largest absolute Gasteiger partial charge is 0.437 e. The molecule has 0 unspecified atom stereocenters. The van der Waals surface area contributed by atoms with Crippen molar-refractivity contribution in [1.82, 2.24) is 15.0 Å². The van der Waals surface area contributed by atoms with E-state index in [0.29, 0.717) is 23.1 Å². The molecule has 7 heteroatoms. The molecule has 0 saturated heterocycles. The molecule has 0 atom stereocenters. The van der Waals surface area contributed by atoms with E-state index in [-0.39, 0.29) is 0 Å². The lowest BCUT2D eigenvalue weighted by molar-refractivity contribution is 0.464. The summed E-state index contributed by atoms with van der Waals surface area (Å²) in [4.78, 5) is 12.2. The number of halogens is 1. The fourth-order valence-corrected chi connectivity index (χ4v) is 2.01. The van der Waals surface area contributed by atoms with Crippen molar-refractivity contribution in [3.63, 3.8) is 0 Å². The molecule has 2 heterocycles. The molecule has 2 aromatic heterocycles. The number of nitrogen functional groups attached to an aromatic ring is 1. The molecule has 0 aliphatic heterocycles. The molecule has 0 saturated carbocycles. The van der Waals surface area contributed by atoms with E-state index in [0.717, 1.165) is 10.2 Å². The van der Waals surface area contributed by atoms with Crippen LogP contribution in [0, 0.1) is 0 Å². The normalized spacial score (nSPS) is 10.2. The second-order valence-electron chi connectivity index (χ2n) is 4.36. The molecule has 0 bridgehead atoms. The molecular weight excluding hydrogens is 346 g/mol. The quantitative estimate of drug-likeness (QED) is 0.739. The van der Waals surface area contributed by atoms with Crippen LogP contribution in [0.1, 0.15) is 0 Å². The second kappa shape index (κ2) is 6.40. The summed E-state index contributed by atoms with van der Waals surface area (Å²) in [6.45, 7) is 0. The molecular formula is C15H12BrN5O. The Hall–Kier alpha value is -2.67. The highest BCUT2D eigenvalue weighted by Crippen LogP contribution is 2.31. The number of anilines is 3. The molecule has 0 radical (unpaired) electrons. The number of hydrogen-bond acceptors (Lipinski definition) is 6. The minimum absolute atomic E-state index is 0.295. The van der Waals surface area contributed by atoms with Gasteiger partial charge in [-0.25, -0.2) is 4.98 Å². The van der Waals surface area contributed by atoms with Crippen molar-refractivity contribution < 1.29 is 4.74 Å². The van der Waals surface area contributed by atoms with Gasteiger partial charge in [-0.1, -0.05) is 15.9 Å². The van der Waals surface area contributed by atoms with Crippen molar-refractivity contribution in [3.05, 3.63) is 59.6 Å². The van der Waals surface area contributed by atoms with Crippen LogP contribution in [0.2, 0.25) is 0 Å². The van der Waals surface area contributed by atoms with Crippen molar-refractivity contribution in [2.75, 3.05) is 11.1 Å². The van der Waals surface area contributed by atoms with Crippen LogP contribution in [0.15, 0.2) is 59.6 Å². The van der Waals surface area contributed by atoms with Crippen LogP contribution in [0.3, 0.4) is 0 Å². The van der Waals surface area contributed by atoms with Crippen LogP contribution in [0.5, 0.6) is 11.6 Å². The molecule has 0 fully saturated rings. The number of nitrogens with zero attached hydrogens (tertiary/aromatic N) is 3. The van der Waals surface area contributed by atoms with Crippen LogP contribution in [-0.2, 0) is 0 Å². The molecule has 6 nitrogen and oxygen atoms in total. The van der Waals surface area contributed by atoms with Gasteiger partial charge in [0, 0.05) is 10.7 Å². The van der Waals surface area contributed by atoms with Gasteiger partial charge in [0.1, 0.15) is 17.8 Å². The monoisotopic (exact) mass is 357 g/mol. The van der Waals surface area contributed by atoms with Crippen LogP contribution >= 0.6 is 15.9 Å². The summed E-state index contributed by atoms with van der Waals surface area (Å²) in [5.41, 5.74) is 7.17. The Kier molecular flexibility index (Phi) is 4.15. The molecule has 3 N–H and O–H groups in total. The zero-order chi connectivity index (χ0) is 15.4. The average molecular weight is 358 g/mol. The maximum absolute atomic E-state index is 6.07. The van der Waals surface area contributed by atoms with Crippen molar-refractivity contribution in [3.8, 4) is 11.6 Å². The Morgan fingerprint density at radius 1 is 1.09 bits per heavy atom. The third-order valence-electron chi connectivity index (χ3n) is 2.80. The van der Waals surface area contributed by atoms with Crippen LogP contribution in [0.25, 0.3) is 0 Å². The number of nitrogens with two attached hydrogens (primary N) is 1. The van der Waals surface area contributed by atoms with E-state index in [1.54, 1.807) is 12.4 Å². The highest BCUT2D eigenvalue weighted by atomic mass is 79.9. The topological polar surface area (TPSA) is 86.0 Å². The van der Waals surface area contributed by atoms with E-state index in [1.165, 1.54) is 6.33 Å². The van der Waals surface area contributed by atoms with Gasteiger partial charge >= 0.3 is 0 Å². The lowest BCUT2D eigenvalue weighted by Gasteiger charge is -2.11. The molecule has 0 amide bonds. The maximum Gasteiger partial charge on any atom is 0.248 e. The molecule has 1 aromatic carbocycles. The Balaban J connectivity index is 1.84. The summed E-state index contributed by atoms with van der Waals surface area (Å²) in [7, 11) is 0. The molecule has 110 valence electrons. The molecule has 22 heavy (non-hydrogen) atoms. The molecule has 0 aliphatic carbocycles. The van der Waals surface area contributed by atoms with Gasteiger partial charge in [0.05, 0.1) is 11.9 Å². The Morgan fingerprint density at radius 3 is 2.64 bits per heavy atom. The summed E-state index contributed by atoms with van der Waals surface area (Å²) >= 11 is 3.37. The summed E-state index contributed by atoms with van der Waals surface area (Å²) < 4.78 is 6.66. The fourth-order valence-electron chi connectivity index (χ4n) is 1.75. The van der Waals surface area contributed by atoms with Gasteiger partial charge < -0.3 is 15.8 Å². The van der Waals surface area contributed by atoms with E-state index in [4.69, 9.17) is 10.5 Å². The highest BCUT2D eigenvalue weighted by molar-refractivity contribution is 9.10. The molecule has 3 aromatic rings. The number of benzene rings is 1. The zero-order valence-corrected chi connectivity index (χ0v) is 13.0. The van der Waals surface area contributed by atoms with Gasteiger partial charge in [0.25, 0.3) is 0 Å². The third-order valence-corrected chi connectivity index (χ3v) is 3.33. The number of rotatable bonds is 4. The lowest BCUT2D eigenvalue weighted by Crippen LogP contribution is -2.03. The Labute approximate surface area is 135 Å². The first-order chi connectivity index (χ1) is 10.7. The van der Waals surface area contributed by atoms with E-state index >= 15 is 0 Å². The van der Waals surface area contributed by atoms with Gasteiger partial charge in [-0.2, -0.15) is 4.98 Å². The number of ether oxygens (including phenoxy) is 1. The van der Waals surface area contributed by atoms with Gasteiger partial charge in [-0.05, 0) is 36.4 Å². The Bertz CT molecular complexity index is 765. The van der Waals surface area contributed by atoms with E-state index < -0.39 is 0 Å². The number of hydrogen-bond donors (Lipinski definition) is 2. The summed E-state index contributed by atoms with van der Waals surface area (Å²) in [5.74, 6) is 1.40. The van der Waals surface area contributed by atoms with Gasteiger partial charge in [0.2, 0.25) is 5.88 Å².